The van der Waals surface area contributed by atoms with Crippen molar-refractivity contribution < 1.29 is 50.9 Å². The first-order valence-corrected chi connectivity index (χ1v) is 10.9. The quantitative estimate of drug-likeness (QED) is 0.552. The lowest BCUT2D eigenvalue weighted by atomic mass is 10.1. The zero-order valence-corrected chi connectivity index (χ0v) is 19.1. The third kappa shape index (κ3) is 9.63. The number of halogens is 6. The number of hydrogen-bond donors (Lipinski definition) is 2. The highest BCUT2D eigenvalue weighted by Crippen LogP contribution is 2.25. The Morgan fingerprint density at radius 2 is 1.61 bits per heavy atom. The van der Waals surface area contributed by atoms with E-state index in [1.54, 1.807) is 0 Å². The number of fused-ring (bicyclic) bond motifs is 1. The molecule has 0 saturated carbocycles. The number of hydrogen-bond acceptors (Lipinski definition) is 9. The van der Waals surface area contributed by atoms with Crippen LogP contribution in [0.3, 0.4) is 0 Å². The number of pyridine rings is 1. The third-order valence-corrected chi connectivity index (χ3v) is 5.46. The number of carboxylic acid groups (broad SMARTS) is 2. The number of carboxylic acids is 2. The van der Waals surface area contributed by atoms with E-state index in [2.05, 4.69) is 36.5 Å². The average molecular weight is 545 g/mol. The van der Waals surface area contributed by atoms with Gasteiger partial charge in [-0.2, -0.15) is 26.3 Å². The first-order valence-electron chi connectivity index (χ1n) is 10.1. The first kappa shape index (κ1) is 29.3. The molecule has 4 rings (SSSR count). The highest BCUT2D eigenvalue weighted by atomic mass is 32.1. The lowest BCUT2D eigenvalue weighted by Crippen LogP contribution is -2.50. The van der Waals surface area contributed by atoms with Gasteiger partial charge in [-0.1, -0.05) is 4.49 Å². The summed E-state index contributed by atoms with van der Waals surface area (Å²) in [5, 5.41) is 20.4. The van der Waals surface area contributed by atoms with Gasteiger partial charge in [0.05, 0.1) is 24.4 Å². The maximum Gasteiger partial charge on any atom is 0.490 e. The van der Waals surface area contributed by atoms with E-state index in [-0.39, 0.29) is 0 Å². The van der Waals surface area contributed by atoms with E-state index in [0.717, 1.165) is 45.0 Å². The molecule has 200 valence electrons. The van der Waals surface area contributed by atoms with Gasteiger partial charge in [-0.3, -0.25) is 14.8 Å². The van der Waals surface area contributed by atoms with E-state index in [0.29, 0.717) is 12.1 Å². The van der Waals surface area contributed by atoms with E-state index in [4.69, 9.17) is 24.5 Å². The zero-order chi connectivity index (χ0) is 26.9. The Labute approximate surface area is 204 Å². The van der Waals surface area contributed by atoms with E-state index >= 15 is 0 Å². The van der Waals surface area contributed by atoms with Crippen molar-refractivity contribution >= 4 is 23.5 Å². The number of alkyl halides is 6. The van der Waals surface area contributed by atoms with Gasteiger partial charge in [-0.05, 0) is 29.2 Å². The fourth-order valence-corrected chi connectivity index (χ4v) is 3.81. The summed E-state index contributed by atoms with van der Waals surface area (Å²) < 4.78 is 73.4. The van der Waals surface area contributed by atoms with Crippen molar-refractivity contribution in [2.75, 3.05) is 26.2 Å². The SMILES string of the molecule is O=C(O)C(F)(F)F.O=C(O)C(F)(F)F.c1cc(CN2CCO[C@H]3CN(Cc4csnn4)C[C@H]32)ccn1. The highest BCUT2D eigenvalue weighted by Gasteiger charge is 2.40. The minimum absolute atomic E-state index is 0.308. The molecule has 10 nitrogen and oxygen atoms in total. The second-order valence-corrected chi connectivity index (χ2v) is 8.11. The standard InChI is InChI=1S/C15H19N5OS.2C2HF3O2/c1-3-16-4-2-12(1)7-20-5-6-21-15-10-19(9-14(15)20)8-13-11-22-18-17-13;2*3-2(4,5)1(6)7/h1-4,11,14-15H,5-10H2;2*(H,6,7)/t14-,15+;;/m1../s1. The van der Waals surface area contributed by atoms with Crippen LogP contribution in [0.5, 0.6) is 0 Å². The van der Waals surface area contributed by atoms with Gasteiger partial charge in [0.1, 0.15) is 0 Å². The summed E-state index contributed by atoms with van der Waals surface area (Å²) >= 11 is 1.42. The summed E-state index contributed by atoms with van der Waals surface area (Å²) in [6, 6.07) is 4.66. The summed E-state index contributed by atoms with van der Waals surface area (Å²) in [6.45, 7) is 5.67. The Morgan fingerprint density at radius 3 is 2.11 bits per heavy atom. The molecular formula is C19H21F6N5O5S. The number of morpholine rings is 1. The molecule has 2 aliphatic rings. The summed E-state index contributed by atoms with van der Waals surface area (Å²) in [7, 11) is 0. The number of likely N-dealkylation sites (tertiary alicyclic amines) is 1. The smallest absolute Gasteiger partial charge is 0.475 e. The number of rotatable bonds is 4. The molecule has 2 N–H and O–H groups in total. The molecule has 17 heteroatoms. The second-order valence-electron chi connectivity index (χ2n) is 7.50. The molecule has 2 fully saturated rings. The predicted molar refractivity (Wildman–Crippen MR) is 111 cm³/mol. The Bertz CT molecular complexity index is 940. The lowest BCUT2D eigenvalue weighted by Gasteiger charge is -2.36. The van der Waals surface area contributed by atoms with Crippen molar-refractivity contribution in [3.05, 3.63) is 41.2 Å². The predicted octanol–water partition coefficient (Wildman–Crippen LogP) is 2.28. The van der Waals surface area contributed by atoms with Gasteiger partial charge >= 0.3 is 24.3 Å². The molecule has 2 saturated heterocycles. The first-order chi connectivity index (χ1) is 16.8. The number of aromatic nitrogens is 3. The average Bonchev–Trinajstić information content (AvgIpc) is 3.44. The number of carbonyl (C=O) groups is 2. The Morgan fingerprint density at radius 1 is 1.03 bits per heavy atom. The molecule has 0 aliphatic carbocycles. The normalized spacial score (nSPS) is 20.4. The van der Waals surface area contributed by atoms with Gasteiger partial charge in [-0.25, -0.2) is 9.59 Å². The van der Waals surface area contributed by atoms with Crippen LogP contribution in [-0.2, 0) is 27.4 Å². The van der Waals surface area contributed by atoms with Crippen LogP contribution < -0.4 is 0 Å². The molecule has 2 aromatic rings. The summed E-state index contributed by atoms with van der Waals surface area (Å²) in [5.41, 5.74) is 2.38. The van der Waals surface area contributed by atoms with Crippen LogP contribution in [0.15, 0.2) is 29.9 Å². The largest absolute Gasteiger partial charge is 0.490 e. The monoisotopic (exact) mass is 545 g/mol. The Hall–Kier alpha value is -2.89. The van der Waals surface area contributed by atoms with Crippen molar-refractivity contribution in [2.45, 2.75) is 37.6 Å². The van der Waals surface area contributed by atoms with Crippen molar-refractivity contribution in [1.29, 1.82) is 0 Å². The summed E-state index contributed by atoms with van der Waals surface area (Å²) in [5.74, 6) is -5.51. The Balaban J connectivity index is 0.000000271. The van der Waals surface area contributed by atoms with Crippen molar-refractivity contribution in [3.8, 4) is 0 Å². The molecule has 0 aromatic carbocycles. The van der Waals surface area contributed by atoms with Crippen LogP contribution in [0, 0.1) is 0 Å². The Kier molecular flexibility index (Phi) is 10.5. The van der Waals surface area contributed by atoms with Crippen molar-refractivity contribution in [3.63, 3.8) is 0 Å². The molecule has 36 heavy (non-hydrogen) atoms. The molecular weight excluding hydrogens is 524 g/mol. The molecule has 2 atom stereocenters. The third-order valence-electron chi connectivity index (χ3n) is 4.90. The van der Waals surface area contributed by atoms with Crippen LogP contribution in [0.25, 0.3) is 0 Å². The number of ether oxygens (including phenoxy) is 1. The maximum absolute atomic E-state index is 10.6. The van der Waals surface area contributed by atoms with Crippen LogP contribution in [0.1, 0.15) is 11.3 Å². The van der Waals surface area contributed by atoms with Gasteiger partial charge < -0.3 is 14.9 Å². The molecule has 0 unspecified atom stereocenters. The fourth-order valence-electron chi connectivity index (χ4n) is 3.36. The number of aliphatic carboxylic acids is 2. The molecule has 4 heterocycles. The van der Waals surface area contributed by atoms with Gasteiger partial charge in [0.2, 0.25) is 0 Å². The summed E-state index contributed by atoms with van der Waals surface area (Å²) in [4.78, 5) is 26.9. The molecule has 2 aromatic heterocycles. The van der Waals surface area contributed by atoms with Crippen LogP contribution in [0.2, 0.25) is 0 Å². The van der Waals surface area contributed by atoms with E-state index in [1.807, 2.05) is 17.8 Å². The van der Waals surface area contributed by atoms with Gasteiger partial charge in [0.25, 0.3) is 0 Å². The topological polar surface area (TPSA) is 129 Å². The summed E-state index contributed by atoms with van der Waals surface area (Å²) in [6.07, 6.45) is -6.13. The molecule has 0 spiro atoms. The molecule has 0 amide bonds. The van der Waals surface area contributed by atoms with Crippen LogP contribution >= 0.6 is 11.5 Å². The van der Waals surface area contributed by atoms with Gasteiger partial charge in [0, 0.05) is 50.5 Å². The minimum Gasteiger partial charge on any atom is -0.475 e. The van der Waals surface area contributed by atoms with Crippen molar-refractivity contribution in [2.24, 2.45) is 0 Å². The molecule has 0 bridgehead atoms. The maximum atomic E-state index is 10.6. The molecule has 2 aliphatic heterocycles. The van der Waals surface area contributed by atoms with Crippen molar-refractivity contribution in [1.82, 2.24) is 24.4 Å². The van der Waals surface area contributed by atoms with Gasteiger partial charge in [0.15, 0.2) is 0 Å². The highest BCUT2D eigenvalue weighted by molar-refractivity contribution is 7.03. The van der Waals surface area contributed by atoms with E-state index in [9.17, 15) is 26.3 Å². The molecule has 0 radical (unpaired) electrons. The fraction of sp³-hybridized carbons (Fsp3) is 0.526. The van der Waals surface area contributed by atoms with E-state index in [1.165, 1.54) is 17.1 Å². The minimum atomic E-state index is -5.08. The lowest BCUT2D eigenvalue weighted by molar-refractivity contribution is -0.193. The van der Waals surface area contributed by atoms with Crippen LogP contribution in [-0.4, -0.2) is 97.3 Å². The zero-order valence-electron chi connectivity index (χ0n) is 18.3. The van der Waals surface area contributed by atoms with E-state index < -0.39 is 24.3 Å². The van der Waals surface area contributed by atoms with Crippen LogP contribution in [0.4, 0.5) is 26.3 Å². The van der Waals surface area contributed by atoms with Gasteiger partial charge in [-0.15, -0.1) is 5.10 Å². The number of nitrogens with zero attached hydrogens (tertiary/aromatic N) is 5. The second kappa shape index (κ2) is 12.9.